The third kappa shape index (κ3) is 4.45. The van der Waals surface area contributed by atoms with Crippen LogP contribution in [-0.2, 0) is 14.6 Å². The van der Waals surface area contributed by atoms with Crippen molar-refractivity contribution >= 4 is 49.8 Å². The average Bonchev–Trinajstić information content (AvgIpc) is 2.89. The number of thioether (sulfide) groups is 1. The highest BCUT2D eigenvalue weighted by molar-refractivity contribution is 8.02. The molecule has 6 nitrogen and oxygen atoms in total. The van der Waals surface area contributed by atoms with Crippen molar-refractivity contribution in [2.24, 2.45) is 0 Å². The van der Waals surface area contributed by atoms with Crippen molar-refractivity contribution in [1.82, 2.24) is 0 Å². The van der Waals surface area contributed by atoms with E-state index in [1.165, 1.54) is 29.2 Å². The Bertz CT molecular complexity index is 664. The van der Waals surface area contributed by atoms with Gasteiger partial charge in [-0.2, -0.15) is 0 Å². The summed E-state index contributed by atoms with van der Waals surface area (Å²) < 4.78 is 22.6. The molecule has 1 aromatic rings. The summed E-state index contributed by atoms with van der Waals surface area (Å²) in [6.45, 7) is 1.77. The predicted octanol–water partition coefficient (Wildman–Crippen LogP) is 1.61. The minimum atomic E-state index is -2.95. The van der Waals surface area contributed by atoms with Gasteiger partial charge in [0, 0.05) is 10.1 Å². The summed E-state index contributed by atoms with van der Waals surface area (Å²) in [4.78, 5) is 23.7. The van der Waals surface area contributed by atoms with E-state index < -0.39 is 15.8 Å². The molecule has 1 atom stereocenters. The molecule has 0 bridgehead atoms. The predicted molar refractivity (Wildman–Crippen MR) is 84.2 cm³/mol. The van der Waals surface area contributed by atoms with Crippen LogP contribution in [0.5, 0.6) is 0 Å². The zero-order valence-electron chi connectivity index (χ0n) is 11.3. The zero-order valence-corrected chi connectivity index (χ0v) is 13.7. The lowest BCUT2D eigenvalue weighted by molar-refractivity contribution is -0.113. The number of hydrogen-bond donors (Lipinski definition) is 2. The van der Waals surface area contributed by atoms with Crippen molar-refractivity contribution in [3.63, 3.8) is 0 Å². The Hall–Kier alpha value is -1.06. The van der Waals surface area contributed by atoms with Crippen LogP contribution in [0.3, 0.4) is 0 Å². The molecule has 1 aromatic heterocycles. The lowest BCUT2D eigenvalue weighted by Crippen LogP contribution is -2.17. The Morgan fingerprint density at radius 2 is 2.24 bits per heavy atom. The molecule has 1 saturated heterocycles. The highest BCUT2D eigenvalue weighted by Crippen LogP contribution is 2.28. The summed E-state index contributed by atoms with van der Waals surface area (Å²) in [6, 6.07) is 1.51. The van der Waals surface area contributed by atoms with Crippen molar-refractivity contribution in [2.45, 2.75) is 18.6 Å². The quantitative estimate of drug-likeness (QED) is 0.838. The van der Waals surface area contributed by atoms with Crippen molar-refractivity contribution < 1.29 is 23.1 Å². The summed E-state index contributed by atoms with van der Waals surface area (Å²) in [6.07, 6.45) is 0.568. The van der Waals surface area contributed by atoms with E-state index in [0.29, 0.717) is 11.4 Å². The van der Waals surface area contributed by atoms with Gasteiger partial charge in [-0.05, 0) is 19.4 Å². The highest BCUT2D eigenvalue weighted by atomic mass is 32.2. The molecule has 1 unspecified atom stereocenters. The van der Waals surface area contributed by atoms with Crippen LogP contribution in [0.4, 0.5) is 5.00 Å². The maximum absolute atomic E-state index is 11.8. The van der Waals surface area contributed by atoms with Gasteiger partial charge in [-0.1, -0.05) is 0 Å². The number of hydrogen-bond acceptors (Lipinski definition) is 6. The third-order valence-corrected chi connectivity index (χ3v) is 7.23. The van der Waals surface area contributed by atoms with E-state index in [1.54, 1.807) is 6.92 Å². The molecule has 1 aliphatic heterocycles. The van der Waals surface area contributed by atoms with Crippen LogP contribution in [-0.4, -0.2) is 47.9 Å². The first kappa shape index (κ1) is 16.3. The molecule has 1 aliphatic rings. The Kier molecular flexibility index (Phi) is 4.95. The summed E-state index contributed by atoms with van der Waals surface area (Å²) in [5.41, 5.74) is 0.0827. The Labute approximate surface area is 130 Å². The largest absolute Gasteiger partial charge is 0.478 e. The van der Waals surface area contributed by atoms with Gasteiger partial charge < -0.3 is 10.4 Å². The fourth-order valence-corrected chi connectivity index (χ4v) is 6.38. The first-order valence-electron chi connectivity index (χ1n) is 6.22. The van der Waals surface area contributed by atoms with Crippen molar-refractivity contribution in [1.29, 1.82) is 0 Å². The molecule has 2 rings (SSSR count). The second-order valence-electron chi connectivity index (χ2n) is 4.79. The minimum Gasteiger partial charge on any atom is -0.478 e. The smallest absolute Gasteiger partial charge is 0.338 e. The van der Waals surface area contributed by atoms with Gasteiger partial charge in [0.05, 0.1) is 22.8 Å². The number of nitrogens with one attached hydrogen (secondary N) is 1. The molecule has 0 aliphatic carbocycles. The molecule has 9 heteroatoms. The first-order chi connectivity index (χ1) is 9.77. The summed E-state index contributed by atoms with van der Waals surface area (Å²) in [5, 5.41) is 11.9. The number of thiophene rings is 1. The zero-order chi connectivity index (χ0) is 15.6. The number of aromatic carboxylic acids is 1. The number of rotatable bonds is 5. The van der Waals surface area contributed by atoms with Gasteiger partial charge >= 0.3 is 5.97 Å². The van der Waals surface area contributed by atoms with E-state index in [9.17, 15) is 18.0 Å². The Balaban J connectivity index is 1.89. The van der Waals surface area contributed by atoms with Gasteiger partial charge in [-0.15, -0.1) is 23.1 Å². The number of aryl methyl sites for hydroxylation is 1. The van der Waals surface area contributed by atoms with E-state index in [1.807, 2.05) is 0 Å². The molecule has 1 amide bonds. The SMILES string of the molecule is Cc1cc(C(=O)O)c(NC(=O)CSC2CCS(=O)(=O)C2)s1. The number of carboxylic acid groups (broad SMARTS) is 1. The fourth-order valence-electron chi connectivity index (χ4n) is 2.01. The second kappa shape index (κ2) is 6.37. The fraction of sp³-hybridized carbons (Fsp3) is 0.500. The topological polar surface area (TPSA) is 101 Å². The van der Waals surface area contributed by atoms with Crippen LogP contribution in [0, 0.1) is 6.92 Å². The van der Waals surface area contributed by atoms with Crippen LogP contribution >= 0.6 is 23.1 Å². The number of carbonyl (C=O) groups excluding carboxylic acids is 1. The lowest BCUT2D eigenvalue weighted by atomic mass is 10.3. The normalized spacial score (nSPS) is 20.3. The van der Waals surface area contributed by atoms with Gasteiger partial charge in [0.2, 0.25) is 5.91 Å². The third-order valence-electron chi connectivity index (χ3n) is 2.98. The number of amides is 1. The van der Waals surface area contributed by atoms with Crippen molar-refractivity contribution in [3.8, 4) is 0 Å². The molecule has 2 N–H and O–H groups in total. The van der Waals surface area contributed by atoms with Crippen LogP contribution in [0.2, 0.25) is 0 Å². The van der Waals surface area contributed by atoms with Crippen LogP contribution < -0.4 is 5.32 Å². The average molecular weight is 349 g/mol. The van der Waals surface area contributed by atoms with Crippen molar-refractivity contribution in [3.05, 3.63) is 16.5 Å². The van der Waals surface area contributed by atoms with E-state index in [-0.39, 0.29) is 34.0 Å². The van der Waals surface area contributed by atoms with Gasteiger partial charge in [-0.3, -0.25) is 4.79 Å². The van der Waals surface area contributed by atoms with E-state index in [4.69, 9.17) is 5.11 Å². The molecule has 0 saturated carbocycles. The standard InChI is InChI=1S/C12H15NO5S3/c1-7-4-9(12(15)16)11(20-7)13-10(14)5-19-8-2-3-21(17,18)6-8/h4,8H,2-3,5-6H2,1H3,(H,13,14)(H,15,16). The lowest BCUT2D eigenvalue weighted by Gasteiger charge is -2.07. The Morgan fingerprint density at radius 3 is 2.81 bits per heavy atom. The monoisotopic (exact) mass is 349 g/mol. The molecule has 0 radical (unpaired) electrons. The number of carbonyl (C=O) groups is 2. The van der Waals surface area contributed by atoms with Crippen LogP contribution in [0.1, 0.15) is 21.7 Å². The summed E-state index contributed by atoms with van der Waals surface area (Å²) in [7, 11) is -2.95. The highest BCUT2D eigenvalue weighted by Gasteiger charge is 2.28. The summed E-state index contributed by atoms with van der Waals surface area (Å²) >= 11 is 2.51. The van der Waals surface area contributed by atoms with Crippen LogP contribution in [0.25, 0.3) is 0 Å². The molecule has 116 valence electrons. The van der Waals surface area contributed by atoms with Gasteiger partial charge in [0.1, 0.15) is 5.00 Å². The second-order valence-corrected chi connectivity index (χ2v) is 9.56. The molecule has 0 aromatic carbocycles. The van der Waals surface area contributed by atoms with E-state index in [2.05, 4.69) is 5.32 Å². The van der Waals surface area contributed by atoms with Gasteiger partial charge in [0.25, 0.3) is 0 Å². The number of anilines is 1. The maximum Gasteiger partial charge on any atom is 0.338 e. The molecule has 21 heavy (non-hydrogen) atoms. The van der Waals surface area contributed by atoms with Crippen molar-refractivity contribution in [2.75, 3.05) is 22.6 Å². The van der Waals surface area contributed by atoms with Gasteiger partial charge in [-0.25, -0.2) is 13.2 Å². The number of sulfone groups is 1. The molecular weight excluding hydrogens is 334 g/mol. The van der Waals surface area contributed by atoms with E-state index >= 15 is 0 Å². The van der Waals surface area contributed by atoms with Gasteiger partial charge in [0.15, 0.2) is 9.84 Å². The molecular formula is C12H15NO5S3. The molecule has 0 spiro atoms. The molecule has 2 heterocycles. The summed E-state index contributed by atoms with van der Waals surface area (Å²) in [5.74, 6) is -0.975. The number of carboxylic acids is 1. The van der Waals surface area contributed by atoms with E-state index in [0.717, 1.165) is 4.88 Å². The minimum absolute atomic E-state index is 0.0511. The maximum atomic E-state index is 11.8. The Morgan fingerprint density at radius 1 is 1.52 bits per heavy atom. The first-order valence-corrected chi connectivity index (χ1v) is 9.91. The van der Waals surface area contributed by atoms with Crippen LogP contribution in [0.15, 0.2) is 6.07 Å². The molecule has 1 fully saturated rings.